The van der Waals surface area contributed by atoms with Gasteiger partial charge < -0.3 is 13.9 Å². The zero-order valence-electron chi connectivity index (χ0n) is 24.7. The van der Waals surface area contributed by atoms with Gasteiger partial charge in [0, 0.05) is 23.5 Å². The number of fused-ring (bicyclic) bond motifs is 2. The molecular formula is C33H30N4O5S2. The topological polar surface area (TPSA) is 109 Å². The molecule has 0 aliphatic carbocycles. The number of aryl methyl sites for hydroxylation is 1. The van der Waals surface area contributed by atoms with Crippen LogP contribution in [-0.2, 0) is 9.53 Å². The standard InChI is InChI=1S/C33H30N4O5S2/c1-5-9-23-28(31(39)41-6-2)29(27-22-11-8-7-10-20(22)12-14-24(27)40-4)37-30(38)25(43-33(37)36-23)18-21-13-15-26(42-21)44-32-34-17-16-19(3)35-32/h7-8,10-18,29H,5-6,9H2,1-4H3/b25-18+/t29-/m1/s1. The van der Waals surface area contributed by atoms with Crippen molar-refractivity contribution < 1.29 is 18.7 Å². The second-order valence-electron chi connectivity index (χ2n) is 10.1. The summed E-state index contributed by atoms with van der Waals surface area (Å²) in [6, 6.07) is 16.3. The second-order valence-corrected chi connectivity index (χ2v) is 12.0. The number of rotatable bonds is 9. The van der Waals surface area contributed by atoms with Gasteiger partial charge in [0.05, 0.1) is 29.5 Å². The second kappa shape index (κ2) is 12.6. The van der Waals surface area contributed by atoms with Gasteiger partial charge in [0.25, 0.3) is 5.56 Å². The zero-order chi connectivity index (χ0) is 30.8. The monoisotopic (exact) mass is 626 g/mol. The van der Waals surface area contributed by atoms with Crippen molar-refractivity contribution in [1.29, 1.82) is 0 Å². The third-order valence-electron chi connectivity index (χ3n) is 7.16. The zero-order valence-corrected chi connectivity index (χ0v) is 26.3. The van der Waals surface area contributed by atoms with Gasteiger partial charge in [-0.25, -0.2) is 19.8 Å². The SMILES string of the molecule is CCCC1=C(C(=O)OCC)[C@@H](c2c(OC)ccc3ccccc23)n2c(s/c(=C/c3ccc(Sc4nccc(C)n4)o3)c2=O)=N1. The smallest absolute Gasteiger partial charge is 0.338 e. The Bertz CT molecular complexity index is 2090. The number of thiazole rings is 1. The highest BCUT2D eigenvalue weighted by atomic mass is 32.2. The average molecular weight is 627 g/mol. The third kappa shape index (κ3) is 5.60. The molecule has 1 aliphatic rings. The minimum atomic E-state index is -0.809. The molecule has 0 spiro atoms. The number of aromatic nitrogens is 3. The summed E-state index contributed by atoms with van der Waals surface area (Å²) in [5.41, 5.74) is 2.22. The lowest BCUT2D eigenvalue weighted by Crippen LogP contribution is -2.40. The van der Waals surface area contributed by atoms with E-state index in [1.807, 2.05) is 62.4 Å². The number of hydrogen-bond donors (Lipinski definition) is 0. The van der Waals surface area contributed by atoms with Crippen molar-refractivity contribution in [2.75, 3.05) is 13.7 Å². The van der Waals surface area contributed by atoms with E-state index < -0.39 is 12.0 Å². The summed E-state index contributed by atoms with van der Waals surface area (Å²) in [6.07, 6.45) is 4.71. The lowest BCUT2D eigenvalue weighted by molar-refractivity contribution is -0.139. The van der Waals surface area contributed by atoms with Crippen molar-refractivity contribution in [3.05, 3.63) is 109 Å². The van der Waals surface area contributed by atoms with Crippen LogP contribution in [0.2, 0.25) is 0 Å². The van der Waals surface area contributed by atoms with Gasteiger partial charge in [-0.15, -0.1) is 0 Å². The minimum Gasteiger partial charge on any atom is -0.496 e. The van der Waals surface area contributed by atoms with E-state index >= 15 is 0 Å². The van der Waals surface area contributed by atoms with E-state index in [9.17, 15) is 9.59 Å². The van der Waals surface area contributed by atoms with Crippen LogP contribution in [0.25, 0.3) is 16.8 Å². The Balaban J connectivity index is 1.55. The van der Waals surface area contributed by atoms with Gasteiger partial charge in [0.15, 0.2) is 15.1 Å². The van der Waals surface area contributed by atoms with Crippen LogP contribution in [0, 0.1) is 6.92 Å². The number of allylic oxidation sites excluding steroid dienone is 1. The largest absolute Gasteiger partial charge is 0.496 e. The molecule has 0 fully saturated rings. The Labute approximate surface area is 261 Å². The van der Waals surface area contributed by atoms with E-state index in [-0.39, 0.29) is 12.2 Å². The normalized spacial score (nSPS) is 14.9. The first-order valence-electron chi connectivity index (χ1n) is 14.3. The summed E-state index contributed by atoms with van der Waals surface area (Å²) in [5, 5.41) is 3.00. The first kappa shape index (κ1) is 29.6. The first-order valence-corrected chi connectivity index (χ1v) is 15.9. The third-order valence-corrected chi connectivity index (χ3v) is 8.94. The summed E-state index contributed by atoms with van der Waals surface area (Å²) >= 11 is 2.56. The van der Waals surface area contributed by atoms with Gasteiger partial charge in [-0.3, -0.25) is 9.36 Å². The van der Waals surface area contributed by atoms with Gasteiger partial charge in [0.1, 0.15) is 17.6 Å². The van der Waals surface area contributed by atoms with E-state index in [1.54, 1.807) is 36.9 Å². The quantitative estimate of drug-likeness (QED) is 0.154. The van der Waals surface area contributed by atoms with Crippen molar-refractivity contribution in [2.24, 2.45) is 4.99 Å². The maximum absolute atomic E-state index is 14.3. The Kier molecular flexibility index (Phi) is 8.49. The number of carbonyl (C=O) groups excluding carboxylic acids is 1. The van der Waals surface area contributed by atoms with Gasteiger partial charge in [-0.1, -0.05) is 55.0 Å². The van der Waals surface area contributed by atoms with Crippen LogP contribution in [0.5, 0.6) is 5.75 Å². The van der Waals surface area contributed by atoms with Gasteiger partial charge in [-0.2, -0.15) is 0 Å². The Hall–Kier alpha value is -4.48. The molecule has 6 rings (SSSR count). The maximum Gasteiger partial charge on any atom is 0.338 e. The fourth-order valence-electron chi connectivity index (χ4n) is 5.29. The summed E-state index contributed by atoms with van der Waals surface area (Å²) in [5.74, 6) is 0.567. The molecule has 0 saturated carbocycles. The number of ether oxygens (including phenoxy) is 2. The lowest BCUT2D eigenvalue weighted by Gasteiger charge is -2.28. The summed E-state index contributed by atoms with van der Waals surface area (Å²) < 4.78 is 19.5. The van der Waals surface area contributed by atoms with Gasteiger partial charge >= 0.3 is 5.97 Å². The highest BCUT2D eigenvalue weighted by Gasteiger charge is 2.37. The molecule has 9 nitrogen and oxygen atoms in total. The predicted molar refractivity (Wildman–Crippen MR) is 170 cm³/mol. The number of carbonyl (C=O) groups is 1. The summed E-state index contributed by atoms with van der Waals surface area (Å²) in [6.45, 7) is 5.89. The molecule has 1 atom stereocenters. The maximum atomic E-state index is 14.3. The molecule has 11 heteroatoms. The molecule has 0 radical (unpaired) electrons. The minimum absolute atomic E-state index is 0.192. The van der Waals surface area contributed by atoms with Crippen molar-refractivity contribution >= 4 is 45.9 Å². The first-order chi connectivity index (χ1) is 21.4. The van der Waals surface area contributed by atoms with E-state index in [4.69, 9.17) is 18.9 Å². The molecule has 0 amide bonds. The molecule has 0 bridgehead atoms. The number of esters is 1. The van der Waals surface area contributed by atoms with Crippen LogP contribution >= 0.6 is 23.1 Å². The van der Waals surface area contributed by atoms with E-state index in [0.29, 0.717) is 54.3 Å². The molecule has 2 aromatic carbocycles. The van der Waals surface area contributed by atoms with Crippen molar-refractivity contribution in [2.45, 2.75) is 49.9 Å². The van der Waals surface area contributed by atoms with Gasteiger partial charge in [0.2, 0.25) is 0 Å². The molecule has 0 saturated heterocycles. The molecule has 1 aliphatic heterocycles. The van der Waals surface area contributed by atoms with Crippen molar-refractivity contribution in [3.8, 4) is 5.75 Å². The fraction of sp³-hybridized carbons (Fsp3) is 0.242. The van der Waals surface area contributed by atoms with Crippen molar-refractivity contribution in [3.63, 3.8) is 0 Å². The van der Waals surface area contributed by atoms with Crippen molar-refractivity contribution in [1.82, 2.24) is 14.5 Å². The van der Waals surface area contributed by atoms with Crippen LogP contribution in [0.4, 0.5) is 0 Å². The number of nitrogens with zero attached hydrogens (tertiary/aromatic N) is 4. The van der Waals surface area contributed by atoms with Crippen LogP contribution in [0.3, 0.4) is 0 Å². The summed E-state index contributed by atoms with van der Waals surface area (Å²) in [7, 11) is 1.59. The lowest BCUT2D eigenvalue weighted by atomic mass is 9.90. The van der Waals surface area contributed by atoms with E-state index in [1.165, 1.54) is 23.1 Å². The average Bonchev–Trinajstić information content (AvgIpc) is 3.59. The van der Waals surface area contributed by atoms with Crippen LogP contribution in [-0.4, -0.2) is 34.2 Å². The number of methoxy groups -OCH3 is 1. The highest BCUT2D eigenvalue weighted by molar-refractivity contribution is 7.99. The van der Waals surface area contributed by atoms with Crippen LogP contribution < -0.4 is 19.6 Å². The molecule has 0 unspecified atom stereocenters. The number of hydrogen-bond acceptors (Lipinski definition) is 10. The predicted octanol–water partition coefficient (Wildman–Crippen LogP) is 5.58. The molecular weight excluding hydrogens is 597 g/mol. The number of furan rings is 1. The molecule has 5 aromatic rings. The Morgan fingerprint density at radius 2 is 1.98 bits per heavy atom. The fourth-order valence-corrected chi connectivity index (χ4v) is 7.05. The molecule has 4 heterocycles. The van der Waals surface area contributed by atoms with E-state index in [2.05, 4.69) is 9.97 Å². The van der Waals surface area contributed by atoms with Crippen LogP contribution in [0.1, 0.15) is 49.7 Å². The molecule has 0 N–H and O–H groups in total. The molecule has 224 valence electrons. The van der Waals surface area contributed by atoms with Crippen LogP contribution in [0.15, 0.2) is 96.5 Å². The van der Waals surface area contributed by atoms with E-state index in [0.717, 1.165) is 22.9 Å². The highest BCUT2D eigenvalue weighted by Crippen LogP contribution is 2.41. The molecule has 3 aromatic heterocycles. The van der Waals surface area contributed by atoms with Gasteiger partial charge in [-0.05, 0) is 67.1 Å². The number of benzene rings is 2. The Morgan fingerprint density at radius 1 is 1.14 bits per heavy atom. The Morgan fingerprint density at radius 3 is 2.75 bits per heavy atom. The molecule has 44 heavy (non-hydrogen) atoms. The summed E-state index contributed by atoms with van der Waals surface area (Å²) in [4.78, 5) is 42.0.